The molecule has 16 heavy (non-hydrogen) atoms. The van der Waals surface area contributed by atoms with Gasteiger partial charge in [-0.05, 0) is 19.1 Å². The number of fused-ring (bicyclic) bond motifs is 1. The van der Waals surface area contributed by atoms with Crippen LogP contribution in [0.3, 0.4) is 0 Å². The van der Waals surface area contributed by atoms with Crippen LogP contribution in [0.15, 0.2) is 36.0 Å². The molecule has 0 aliphatic carbocycles. The lowest BCUT2D eigenvalue weighted by molar-refractivity contribution is -0.129. The van der Waals surface area contributed by atoms with Gasteiger partial charge in [0.05, 0.1) is 0 Å². The van der Waals surface area contributed by atoms with E-state index in [0.29, 0.717) is 16.9 Å². The molecular formula is C11H12N2O3. The minimum atomic E-state index is -1.73. The zero-order valence-corrected chi connectivity index (χ0v) is 8.69. The maximum atomic E-state index is 11.7. The highest BCUT2D eigenvalue weighted by Crippen LogP contribution is 2.36. The number of amides is 1. The van der Waals surface area contributed by atoms with Gasteiger partial charge < -0.3 is 10.4 Å². The van der Waals surface area contributed by atoms with Crippen molar-refractivity contribution >= 4 is 11.6 Å². The Morgan fingerprint density at radius 2 is 2.19 bits per heavy atom. The first-order valence-corrected chi connectivity index (χ1v) is 4.81. The SMILES string of the molecule is CC(=C[C@@]1(O)C(=O)Nc2ccccc21)NO. The van der Waals surface area contributed by atoms with Crippen molar-refractivity contribution in [1.29, 1.82) is 0 Å². The monoisotopic (exact) mass is 220 g/mol. The molecule has 1 amide bonds. The summed E-state index contributed by atoms with van der Waals surface area (Å²) in [5, 5.41) is 21.5. The molecular weight excluding hydrogens is 208 g/mol. The van der Waals surface area contributed by atoms with Crippen molar-refractivity contribution in [3.63, 3.8) is 0 Å². The number of allylic oxidation sites excluding steroid dienone is 1. The van der Waals surface area contributed by atoms with Gasteiger partial charge >= 0.3 is 0 Å². The number of carbonyl (C=O) groups is 1. The van der Waals surface area contributed by atoms with E-state index in [0.717, 1.165) is 0 Å². The van der Waals surface area contributed by atoms with E-state index in [1.54, 1.807) is 31.2 Å². The summed E-state index contributed by atoms with van der Waals surface area (Å²) in [5.74, 6) is -0.525. The third-order valence-electron chi connectivity index (χ3n) is 2.53. The number of hydrogen-bond donors (Lipinski definition) is 4. The molecule has 1 atom stereocenters. The van der Waals surface area contributed by atoms with Crippen LogP contribution < -0.4 is 10.8 Å². The Morgan fingerprint density at radius 3 is 2.88 bits per heavy atom. The maximum absolute atomic E-state index is 11.7. The van der Waals surface area contributed by atoms with Gasteiger partial charge in [0, 0.05) is 16.9 Å². The van der Waals surface area contributed by atoms with Crippen LogP contribution in [-0.2, 0) is 10.4 Å². The molecule has 0 saturated carbocycles. The summed E-state index contributed by atoms with van der Waals surface area (Å²) in [6, 6.07) is 6.88. The molecule has 0 unspecified atom stereocenters. The van der Waals surface area contributed by atoms with E-state index >= 15 is 0 Å². The van der Waals surface area contributed by atoms with Crippen LogP contribution in [0.2, 0.25) is 0 Å². The topological polar surface area (TPSA) is 81.6 Å². The molecule has 0 bridgehead atoms. The van der Waals surface area contributed by atoms with Gasteiger partial charge in [-0.15, -0.1) is 0 Å². The molecule has 2 rings (SSSR count). The first-order valence-electron chi connectivity index (χ1n) is 4.81. The predicted molar refractivity (Wildman–Crippen MR) is 57.6 cm³/mol. The van der Waals surface area contributed by atoms with Gasteiger partial charge in [-0.1, -0.05) is 18.2 Å². The quantitative estimate of drug-likeness (QED) is 0.553. The van der Waals surface area contributed by atoms with E-state index in [2.05, 4.69) is 5.32 Å². The number of anilines is 1. The Hall–Kier alpha value is -1.85. The van der Waals surface area contributed by atoms with Crippen LogP contribution in [0, 0.1) is 0 Å². The van der Waals surface area contributed by atoms with Crippen molar-refractivity contribution in [1.82, 2.24) is 5.48 Å². The highest BCUT2D eigenvalue weighted by Gasteiger charge is 2.43. The van der Waals surface area contributed by atoms with Gasteiger partial charge in [0.25, 0.3) is 5.91 Å². The van der Waals surface area contributed by atoms with Crippen LogP contribution in [-0.4, -0.2) is 16.2 Å². The van der Waals surface area contributed by atoms with Crippen LogP contribution in [0.25, 0.3) is 0 Å². The molecule has 0 radical (unpaired) electrons. The molecule has 5 heteroatoms. The molecule has 1 aromatic carbocycles. The standard InChI is InChI=1S/C11H12N2O3/c1-7(13-16)6-11(15)8-4-2-3-5-9(8)12-10(11)14/h2-6,13,15-16H,1H3,(H,12,14)/t11-/m0/s1. The van der Waals surface area contributed by atoms with Gasteiger partial charge in [-0.2, -0.15) is 0 Å². The zero-order valence-electron chi connectivity index (χ0n) is 8.69. The van der Waals surface area contributed by atoms with Crippen LogP contribution >= 0.6 is 0 Å². The number of benzene rings is 1. The summed E-state index contributed by atoms with van der Waals surface area (Å²) in [4.78, 5) is 11.7. The van der Waals surface area contributed by atoms with E-state index in [1.807, 2.05) is 5.48 Å². The van der Waals surface area contributed by atoms with Crippen molar-refractivity contribution in [3.8, 4) is 0 Å². The minimum Gasteiger partial charge on any atom is -0.372 e. The molecule has 0 saturated heterocycles. The van der Waals surface area contributed by atoms with E-state index in [1.165, 1.54) is 6.08 Å². The summed E-state index contributed by atoms with van der Waals surface area (Å²) < 4.78 is 0. The molecule has 1 aliphatic rings. The molecule has 5 nitrogen and oxygen atoms in total. The molecule has 4 N–H and O–H groups in total. The average molecular weight is 220 g/mol. The summed E-state index contributed by atoms with van der Waals surface area (Å²) in [5.41, 5.74) is 1.53. The number of hydrogen-bond acceptors (Lipinski definition) is 4. The summed E-state index contributed by atoms with van der Waals surface area (Å²) in [7, 11) is 0. The largest absolute Gasteiger partial charge is 0.372 e. The Kier molecular flexibility index (Phi) is 2.41. The lowest BCUT2D eigenvalue weighted by Crippen LogP contribution is -2.33. The molecule has 84 valence electrons. The smallest absolute Gasteiger partial charge is 0.265 e. The molecule has 1 aromatic rings. The Morgan fingerprint density at radius 1 is 1.50 bits per heavy atom. The first kappa shape index (κ1) is 10.7. The van der Waals surface area contributed by atoms with Gasteiger partial charge in [0.2, 0.25) is 0 Å². The predicted octanol–water partition coefficient (Wildman–Crippen LogP) is 0.709. The van der Waals surface area contributed by atoms with E-state index in [9.17, 15) is 9.90 Å². The fraction of sp³-hybridized carbons (Fsp3) is 0.182. The second-order valence-corrected chi connectivity index (χ2v) is 3.71. The van der Waals surface area contributed by atoms with Crippen molar-refractivity contribution in [2.75, 3.05) is 5.32 Å². The highest BCUT2D eigenvalue weighted by molar-refractivity contribution is 6.06. The van der Waals surface area contributed by atoms with Crippen LogP contribution in [0.5, 0.6) is 0 Å². The molecule has 1 heterocycles. The van der Waals surface area contributed by atoms with Crippen molar-refractivity contribution in [2.45, 2.75) is 12.5 Å². The van der Waals surface area contributed by atoms with Gasteiger partial charge in [-0.3, -0.25) is 15.5 Å². The van der Waals surface area contributed by atoms with Gasteiger partial charge in [0.15, 0.2) is 5.60 Å². The summed E-state index contributed by atoms with van der Waals surface area (Å²) in [6.45, 7) is 1.55. The van der Waals surface area contributed by atoms with Gasteiger partial charge in [0.1, 0.15) is 0 Å². The Labute approximate surface area is 92.4 Å². The third-order valence-corrected chi connectivity index (χ3v) is 2.53. The number of aliphatic hydroxyl groups is 1. The number of nitrogens with one attached hydrogen (secondary N) is 2. The zero-order chi connectivity index (χ0) is 11.8. The van der Waals surface area contributed by atoms with E-state index in [4.69, 9.17) is 5.21 Å². The second kappa shape index (κ2) is 3.62. The number of hydroxylamine groups is 1. The summed E-state index contributed by atoms with van der Waals surface area (Å²) in [6.07, 6.45) is 1.27. The Bertz CT molecular complexity index is 470. The second-order valence-electron chi connectivity index (χ2n) is 3.71. The fourth-order valence-corrected chi connectivity index (χ4v) is 1.75. The van der Waals surface area contributed by atoms with Crippen molar-refractivity contribution in [2.24, 2.45) is 0 Å². The Balaban J connectivity index is 2.53. The number of rotatable bonds is 2. The molecule has 0 spiro atoms. The minimum absolute atomic E-state index is 0.300. The van der Waals surface area contributed by atoms with Crippen molar-refractivity contribution < 1.29 is 15.1 Å². The first-order chi connectivity index (χ1) is 7.58. The molecule has 0 aromatic heterocycles. The van der Waals surface area contributed by atoms with E-state index in [-0.39, 0.29) is 0 Å². The highest BCUT2D eigenvalue weighted by atomic mass is 16.5. The lowest BCUT2D eigenvalue weighted by Gasteiger charge is -2.17. The fourth-order valence-electron chi connectivity index (χ4n) is 1.75. The molecule has 1 aliphatic heterocycles. The average Bonchev–Trinajstić information content (AvgIpc) is 2.52. The van der Waals surface area contributed by atoms with Gasteiger partial charge in [-0.25, -0.2) is 0 Å². The van der Waals surface area contributed by atoms with Crippen LogP contribution in [0.1, 0.15) is 12.5 Å². The molecule has 0 fully saturated rings. The normalized spacial score (nSPS) is 23.9. The van der Waals surface area contributed by atoms with Crippen molar-refractivity contribution in [3.05, 3.63) is 41.6 Å². The maximum Gasteiger partial charge on any atom is 0.265 e. The third kappa shape index (κ3) is 1.46. The lowest BCUT2D eigenvalue weighted by atomic mass is 9.94. The van der Waals surface area contributed by atoms with E-state index < -0.39 is 11.5 Å². The summed E-state index contributed by atoms with van der Waals surface area (Å²) >= 11 is 0. The number of para-hydroxylation sites is 1. The number of carbonyl (C=O) groups excluding carboxylic acids is 1. The van der Waals surface area contributed by atoms with Crippen LogP contribution in [0.4, 0.5) is 5.69 Å².